The fourth-order valence-corrected chi connectivity index (χ4v) is 8.91. The van der Waals surface area contributed by atoms with Crippen LogP contribution in [0.1, 0.15) is 65.2 Å². The molecule has 4 aliphatic rings. The minimum Gasteiger partial charge on any atom is -0.393 e. The van der Waals surface area contributed by atoms with Crippen molar-refractivity contribution in [1.82, 2.24) is 9.55 Å². The highest BCUT2D eigenvalue weighted by Gasteiger charge is 2.63. The molecule has 29 heavy (non-hydrogen) atoms. The smallest absolute Gasteiger partial charge is 0.167 e. The molecule has 0 unspecified atom stereocenters. The Bertz CT molecular complexity index is 822. The predicted molar refractivity (Wildman–Crippen MR) is 117 cm³/mol. The van der Waals surface area contributed by atoms with Crippen molar-refractivity contribution in [2.45, 2.75) is 82.1 Å². The number of aromatic nitrogens is 2. The van der Waals surface area contributed by atoms with Gasteiger partial charge in [0.1, 0.15) is 0 Å². The Hall–Kier alpha value is -0.780. The average Bonchev–Trinajstić information content (AvgIpc) is 3.22. The van der Waals surface area contributed by atoms with E-state index in [-0.39, 0.29) is 16.9 Å². The largest absolute Gasteiger partial charge is 0.393 e. The maximum atomic E-state index is 11.9. The minimum absolute atomic E-state index is 0.00220. The monoisotopic (exact) mass is 416 g/mol. The van der Waals surface area contributed by atoms with Gasteiger partial charge < -0.3 is 14.8 Å². The highest BCUT2D eigenvalue weighted by atomic mass is 32.2. The van der Waals surface area contributed by atoms with Crippen LogP contribution < -0.4 is 0 Å². The Morgan fingerprint density at radius 3 is 2.72 bits per heavy atom. The Balaban J connectivity index is 1.39. The number of allylic oxidation sites excluding steroid dienone is 1. The number of hydrogen-bond acceptors (Lipinski definition) is 4. The van der Waals surface area contributed by atoms with Crippen LogP contribution in [-0.2, 0) is 7.05 Å². The van der Waals surface area contributed by atoms with E-state index in [1.54, 1.807) is 11.8 Å². The Morgan fingerprint density at radius 2 is 1.97 bits per heavy atom. The van der Waals surface area contributed by atoms with Crippen LogP contribution in [0.5, 0.6) is 0 Å². The number of imidazole rings is 1. The number of aryl methyl sites for hydroxylation is 1. The minimum atomic E-state index is -0.604. The molecular weight excluding hydrogens is 380 g/mol. The number of aliphatic hydroxyl groups excluding tert-OH is 1. The molecule has 160 valence electrons. The molecule has 3 fully saturated rings. The van der Waals surface area contributed by atoms with E-state index < -0.39 is 5.60 Å². The lowest BCUT2D eigenvalue weighted by Crippen LogP contribution is -2.55. The van der Waals surface area contributed by atoms with Crippen LogP contribution in [0.15, 0.2) is 29.2 Å². The summed E-state index contributed by atoms with van der Waals surface area (Å²) in [5.74, 6) is 2.75. The van der Waals surface area contributed by atoms with Crippen LogP contribution in [0, 0.1) is 28.6 Å². The first kappa shape index (κ1) is 20.1. The first-order chi connectivity index (χ1) is 13.8. The Labute approximate surface area is 179 Å². The lowest BCUT2D eigenvalue weighted by molar-refractivity contribution is -0.113. The number of thioether (sulfide) groups is 1. The summed E-state index contributed by atoms with van der Waals surface area (Å²) in [5, 5.41) is 23.0. The van der Waals surface area contributed by atoms with Crippen molar-refractivity contribution < 1.29 is 10.2 Å². The van der Waals surface area contributed by atoms with Crippen molar-refractivity contribution in [2.24, 2.45) is 35.6 Å². The van der Waals surface area contributed by atoms with Crippen molar-refractivity contribution in [3.05, 3.63) is 24.0 Å². The van der Waals surface area contributed by atoms with E-state index in [1.165, 1.54) is 12.0 Å². The van der Waals surface area contributed by atoms with Gasteiger partial charge in [-0.3, -0.25) is 0 Å². The molecule has 4 nitrogen and oxygen atoms in total. The highest BCUT2D eigenvalue weighted by Crippen LogP contribution is 2.67. The predicted octanol–water partition coefficient (Wildman–Crippen LogP) is 4.57. The first-order valence-corrected chi connectivity index (χ1v) is 12.5. The van der Waals surface area contributed by atoms with E-state index >= 15 is 0 Å². The van der Waals surface area contributed by atoms with Crippen LogP contribution in [0.4, 0.5) is 0 Å². The van der Waals surface area contributed by atoms with Crippen molar-refractivity contribution >= 4 is 11.8 Å². The summed E-state index contributed by atoms with van der Waals surface area (Å²) >= 11 is 1.71. The van der Waals surface area contributed by atoms with Crippen molar-refractivity contribution in [2.75, 3.05) is 5.75 Å². The maximum Gasteiger partial charge on any atom is 0.167 e. The molecule has 0 saturated heterocycles. The molecule has 5 rings (SSSR count). The normalized spacial score (nSPS) is 46.6. The van der Waals surface area contributed by atoms with Gasteiger partial charge in [-0.05, 0) is 74.5 Å². The van der Waals surface area contributed by atoms with Crippen molar-refractivity contribution in [3.63, 3.8) is 0 Å². The quantitative estimate of drug-likeness (QED) is 0.560. The van der Waals surface area contributed by atoms with Gasteiger partial charge in [0.2, 0.25) is 0 Å². The highest BCUT2D eigenvalue weighted by molar-refractivity contribution is 7.99. The molecule has 1 aromatic heterocycles. The number of hydrogen-bond donors (Lipinski definition) is 2. The summed E-state index contributed by atoms with van der Waals surface area (Å²) in [6.45, 7) is 4.86. The standard InChI is InChI=1S/C24H36N2O2S/c1-22-9-6-17(27)14-16(22)4-5-18-19(22)7-10-23(2)20(18)8-11-24(23,28)15-29-21-25-12-13-26(21)3/h4,12-13,17-20,27-28H,5-11,14-15H2,1-3H3/t17-,18-,19-,20+,22-,23+,24+/m0/s1. The van der Waals surface area contributed by atoms with E-state index in [0.717, 1.165) is 61.8 Å². The van der Waals surface area contributed by atoms with Crippen LogP contribution in [0.25, 0.3) is 0 Å². The van der Waals surface area contributed by atoms with Crippen LogP contribution in [0.2, 0.25) is 0 Å². The van der Waals surface area contributed by atoms with Gasteiger partial charge in [0.15, 0.2) is 5.16 Å². The fraction of sp³-hybridized carbons (Fsp3) is 0.792. The molecule has 0 radical (unpaired) electrons. The van der Waals surface area contributed by atoms with E-state index in [0.29, 0.717) is 11.8 Å². The second kappa shape index (κ2) is 6.86. The molecule has 3 saturated carbocycles. The average molecular weight is 417 g/mol. The number of aliphatic hydroxyl groups is 2. The van der Waals surface area contributed by atoms with Gasteiger partial charge in [-0.25, -0.2) is 4.98 Å². The number of nitrogens with zero attached hydrogens (tertiary/aromatic N) is 2. The first-order valence-electron chi connectivity index (χ1n) is 11.5. The molecule has 7 atom stereocenters. The third-order valence-electron chi connectivity index (χ3n) is 9.62. The van der Waals surface area contributed by atoms with Gasteiger partial charge in [0.05, 0.1) is 11.7 Å². The molecule has 1 heterocycles. The zero-order valence-electron chi connectivity index (χ0n) is 18.1. The van der Waals surface area contributed by atoms with E-state index in [2.05, 4.69) is 24.9 Å². The molecule has 5 heteroatoms. The third kappa shape index (κ3) is 2.90. The summed E-state index contributed by atoms with van der Waals surface area (Å²) < 4.78 is 2.05. The second-order valence-electron chi connectivity index (χ2n) is 10.8. The molecule has 1 aromatic rings. The number of fused-ring (bicyclic) bond motifs is 5. The number of rotatable bonds is 3. The van der Waals surface area contributed by atoms with Gasteiger partial charge >= 0.3 is 0 Å². The van der Waals surface area contributed by atoms with Gasteiger partial charge in [0.25, 0.3) is 0 Å². The summed E-state index contributed by atoms with van der Waals surface area (Å²) in [5.41, 5.74) is 1.20. The lowest BCUT2D eigenvalue weighted by Gasteiger charge is -2.59. The SMILES string of the molecule is Cn1ccnc1SC[C@]1(O)CC[C@@H]2[C@H]3CC=C4C[C@@H](O)CC[C@]4(C)[C@H]3CC[C@]21C. The van der Waals surface area contributed by atoms with Gasteiger partial charge in [-0.15, -0.1) is 0 Å². The topological polar surface area (TPSA) is 58.3 Å². The molecule has 0 amide bonds. The van der Waals surface area contributed by atoms with Crippen molar-refractivity contribution in [1.29, 1.82) is 0 Å². The van der Waals surface area contributed by atoms with Gasteiger partial charge in [-0.2, -0.15) is 0 Å². The maximum absolute atomic E-state index is 11.9. The summed E-state index contributed by atoms with van der Waals surface area (Å²) in [6, 6.07) is 0. The molecule has 2 N–H and O–H groups in total. The molecule has 4 aliphatic carbocycles. The zero-order chi connectivity index (χ0) is 20.4. The van der Waals surface area contributed by atoms with Gasteiger partial charge in [-0.1, -0.05) is 37.3 Å². The fourth-order valence-electron chi connectivity index (χ4n) is 7.66. The molecular formula is C24H36N2O2S. The lowest BCUT2D eigenvalue weighted by atomic mass is 9.47. The second-order valence-corrected chi connectivity index (χ2v) is 11.7. The van der Waals surface area contributed by atoms with E-state index in [4.69, 9.17) is 0 Å². The molecule has 0 aliphatic heterocycles. The molecule has 0 bridgehead atoms. The van der Waals surface area contributed by atoms with E-state index in [9.17, 15) is 10.2 Å². The Morgan fingerprint density at radius 1 is 1.17 bits per heavy atom. The van der Waals surface area contributed by atoms with Crippen LogP contribution in [0.3, 0.4) is 0 Å². The summed E-state index contributed by atoms with van der Waals surface area (Å²) in [7, 11) is 2.03. The van der Waals surface area contributed by atoms with Crippen molar-refractivity contribution in [3.8, 4) is 0 Å². The van der Waals surface area contributed by atoms with Crippen LogP contribution in [-0.4, -0.2) is 37.2 Å². The molecule has 0 spiro atoms. The van der Waals surface area contributed by atoms with Crippen LogP contribution >= 0.6 is 11.8 Å². The summed E-state index contributed by atoms with van der Waals surface area (Å²) in [6.07, 6.45) is 14.7. The van der Waals surface area contributed by atoms with E-state index in [1.807, 2.05) is 24.0 Å². The van der Waals surface area contributed by atoms with Gasteiger partial charge in [0, 0.05) is 30.6 Å². The third-order valence-corrected chi connectivity index (χ3v) is 10.9. The summed E-state index contributed by atoms with van der Waals surface area (Å²) in [4.78, 5) is 4.45. The zero-order valence-corrected chi connectivity index (χ0v) is 18.9. The molecule has 0 aromatic carbocycles. The Kier molecular flexibility index (Phi) is 4.77.